The largest absolute Gasteiger partial charge is 0.392 e. The number of nitrogens with zero attached hydrogens (tertiary/aromatic N) is 4. The SMILES string of the molecule is CC(O)C(N)CNC(=O)c1ccc(-n2cnnn2)cc1. The van der Waals surface area contributed by atoms with Gasteiger partial charge in [0.15, 0.2) is 0 Å². The highest BCUT2D eigenvalue weighted by Gasteiger charge is 2.12. The monoisotopic (exact) mass is 276 g/mol. The van der Waals surface area contributed by atoms with Gasteiger partial charge in [-0.2, -0.15) is 0 Å². The molecule has 0 aliphatic rings. The van der Waals surface area contributed by atoms with Crippen LogP contribution < -0.4 is 11.1 Å². The topological polar surface area (TPSA) is 119 Å². The predicted molar refractivity (Wildman–Crippen MR) is 71.1 cm³/mol. The number of aliphatic hydroxyl groups excluding tert-OH is 1. The molecule has 8 heteroatoms. The molecule has 106 valence electrons. The van der Waals surface area contributed by atoms with E-state index in [1.54, 1.807) is 31.2 Å². The zero-order chi connectivity index (χ0) is 14.5. The lowest BCUT2D eigenvalue weighted by molar-refractivity contribution is 0.0937. The Morgan fingerprint density at radius 1 is 1.45 bits per heavy atom. The van der Waals surface area contributed by atoms with E-state index in [1.807, 2.05) is 0 Å². The molecule has 2 rings (SSSR count). The minimum absolute atomic E-state index is 0.214. The molecule has 1 aromatic heterocycles. The van der Waals surface area contributed by atoms with Gasteiger partial charge in [-0.1, -0.05) is 0 Å². The predicted octanol–water partition coefficient (Wildman–Crippen LogP) is -0.900. The van der Waals surface area contributed by atoms with Crippen LogP contribution in [0.3, 0.4) is 0 Å². The number of nitrogens with two attached hydrogens (primary N) is 1. The van der Waals surface area contributed by atoms with Crippen LogP contribution in [-0.2, 0) is 0 Å². The lowest BCUT2D eigenvalue weighted by atomic mass is 10.1. The minimum Gasteiger partial charge on any atom is -0.392 e. The Hall–Kier alpha value is -2.32. The molecule has 0 fully saturated rings. The maximum atomic E-state index is 11.9. The Bertz CT molecular complexity index is 552. The lowest BCUT2D eigenvalue weighted by Crippen LogP contribution is -2.43. The number of rotatable bonds is 5. The number of benzene rings is 1. The molecule has 1 amide bonds. The number of aromatic nitrogens is 4. The molecule has 2 unspecified atom stereocenters. The van der Waals surface area contributed by atoms with E-state index in [2.05, 4.69) is 20.8 Å². The molecule has 2 atom stereocenters. The summed E-state index contributed by atoms with van der Waals surface area (Å²) < 4.78 is 1.49. The van der Waals surface area contributed by atoms with Crippen molar-refractivity contribution in [3.63, 3.8) is 0 Å². The molecule has 20 heavy (non-hydrogen) atoms. The molecule has 0 spiro atoms. The second kappa shape index (κ2) is 6.22. The summed E-state index contributed by atoms with van der Waals surface area (Å²) in [5.74, 6) is -0.246. The average molecular weight is 276 g/mol. The second-order valence-corrected chi connectivity index (χ2v) is 4.42. The van der Waals surface area contributed by atoms with E-state index in [0.29, 0.717) is 5.56 Å². The number of hydrogen-bond donors (Lipinski definition) is 3. The third kappa shape index (κ3) is 3.37. The Labute approximate surface area is 115 Å². The quantitative estimate of drug-likeness (QED) is 0.651. The maximum absolute atomic E-state index is 11.9. The van der Waals surface area contributed by atoms with E-state index in [1.165, 1.54) is 11.0 Å². The average Bonchev–Trinajstić information content (AvgIpc) is 2.98. The molecule has 0 aliphatic heterocycles. The van der Waals surface area contributed by atoms with Crippen LogP contribution in [0.4, 0.5) is 0 Å². The molecule has 0 aliphatic carbocycles. The van der Waals surface area contributed by atoms with E-state index in [0.717, 1.165) is 5.69 Å². The normalized spacial score (nSPS) is 13.8. The zero-order valence-electron chi connectivity index (χ0n) is 11.0. The van der Waals surface area contributed by atoms with Crippen LogP contribution >= 0.6 is 0 Å². The molecule has 2 aromatic rings. The molecular formula is C12H16N6O2. The lowest BCUT2D eigenvalue weighted by Gasteiger charge is -2.15. The van der Waals surface area contributed by atoms with E-state index in [-0.39, 0.29) is 12.5 Å². The van der Waals surface area contributed by atoms with Crippen LogP contribution in [0.2, 0.25) is 0 Å². The van der Waals surface area contributed by atoms with Crippen molar-refractivity contribution >= 4 is 5.91 Å². The van der Waals surface area contributed by atoms with Gasteiger partial charge in [-0.25, -0.2) is 4.68 Å². The van der Waals surface area contributed by atoms with Gasteiger partial charge in [-0.05, 0) is 41.6 Å². The van der Waals surface area contributed by atoms with Crippen LogP contribution in [-0.4, -0.2) is 49.9 Å². The van der Waals surface area contributed by atoms with Gasteiger partial charge in [0, 0.05) is 18.2 Å². The van der Waals surface area contributed by atoms with Crippen molar-refractivity contribution in [1.29, 1.82) is 0 Å². The van der Waals surface area contributed by atoms with Gasteiger partial charge in [-0.3, -0.25) is 4.79 Å². The number of carbonyl (C=O) groups is 1. The summed E-state index contributed by atoms with van der Waals surface area (Å²) in [6.07, 6.45) is 0.800. The van der Waals surface area contributed by atoms with Crippen molar-refractivity contribution in [2.75, 3.05) is 6.54 Å². The number of aliphatic hydroxyl groups is 1. The molecule has 0 radical (unpaired) electrons. The summed E-state index contributed by atoms with van der Waals surface area (Å²) in [4.78, 5) is 11.9. The number of carbonyl (C=O) groups excluding carboxylic acids is 1. The first kappa shape index (κ1) is 14.1. The molecule has 0 saturated carbocycles. The van der Waals surface area contributed by atoms with Crippen molar-refractivity contribution < 1.29 is 9.90 Å². The van der Waals surface area contributed by atoms with Gasteiger partial charge >= 0.3 is 0 Å². The van der Waals surface area contributed by atoms with Crippen molar-refractivity contribution in [3.8, 4) is 5.69 Å². The zero-order valence-corrected chi connectivity index (χ0v) is 11.0. The van der Waals surface area contributed by atoms with Gasteiger partial charge in [-0.15, -0.1) is 5.10 Å². The van der Waals surface area contributed by atoms with Crippen molar-refractivity contribution in [2.24, 2.45) is 5.73 Å². The fourth-order valence-electron chi connectivity index (χ4n) is 1.53. The maximum Gasteiger partial charge on any atom is 0.251 e. The second-order valence-electron chi connectivity index (χ2n) is 4.42. The highest BCUT2D eigenvalue weighted by molar-refractivity contribution is 5.94. The Morgan fingerprint density at radius 3 is 2.70 bits per heavy atom. The molecule has 1 heterocycles. The summed E-state index contributed by atoms with van der Waals surface area (Å²) in [5, 5.41) is 22.7. The van der Waals surface area contributed by atoms with Gasteiger partial charge in [0.25, 0.3) is 5.91 Å². The number of hydrogen-bond acceptors (Lipinski definition) is 6. The first-order valence-electron chi connectivity index (χ1n) is 6.13. The van der Waals surface area contributed by atoms with E-state index >= 15 is 0 Å². The Morgan fingerprint density at radius 2 is 2.15 bits per heavy atom. The first-order valence-corrected chi connectivity index (χ1v) is 6.13. The summed E-state index contributed by atoms with van der Waals surface area (Å²) >= 11 is 0. The van der Waals surface area contributed by atoms with Gasteiger partial charge in [0.2, 0.25) is 0 Å². The fourth-order valence-corrected chi connectivity index (χ4v) is 1.53. The van der Waals surface area contributed by atoms with Crippen molar-refractivity contribution in [2.45, 2.75) is 19.1 Å². The number of tetrazole rings is 1. The van der Waals surface area contributed by atoms with Gasteiger partial charge in [0.1, 0.15) is 6.33 Å². The standard InChI is InChI=1S/C12H16N6O2/c1-8(19)11(13)6-14-12(20)9-2-4-10(5-3-9)18-7-15-16-17-18/h2-5,7-8,11,19H,6,13H2,1H3,(H,14,20). The third-order valence-electron chi connectivity index (χ3n) is 2.86. The van der Waals surface area contributed by atoms with Crippen molar-refractivity contribution in [3.05, 3.63) is 36.2 Å². The van der Waals surface area contributed by atoms with Crippen LogP contribution in [0.1, 0.15) is 17.3 Å². The fraction of sp³-hybridized carbons (Fsp3) is 0.333. The number of amides is 1. The van der Waals surface area contributed by atoms with Crippen LogP contribution in [0.5, 0.6) is 0 Å². The van der Waals surface area contributed by atoms with E-state index in [9.17, 15) is 9.90 Å². The highest BCUT2D eigenvalue weighted by Crippen LogP contribution is 2.07. The first-order chi connectivity index (χ1) is 9.58. The minimum atomic E-state index is -0.669. The van der Waals surface area contributed by atoms with Crippen LogP contribution in [0, 0.1) is 0 Å². The van der Waals surface area contributed by atoms with Gasteiger partial charge < -0.3 is 16.2 Å². The Balaban J connectivity index is 1.98. The molecule has 1 aromatic carbocycles. The summed E-state index contributed by atoms with van der Waals surface area (Å²) in [7, 11) is 0. The smallest absolute Gasteiger partial charge is 0.251 e. The van der Waals surface area contributed by atoms with Crippen LogP contribution in [0.25, 0.3) is 5.69 Å². The van der Waals surface area contributed by atoms with Crippen LogP contribution in [0.15, 0.2) is 30.6 Å². The summed E-state index contributed by atoms with van der Waals surface area (Å²) in [5.41, 5.74) is 6.90. The molecule has 0 saturated heterocycles. The summed E-state index contributed by atoms with van der Waals surface area (Å²) in [6, 6.07) is 6.32. The molecule has 8 nitrogen and oxygen atoms in total. The molecule has 0 bridgehead atoms. The van der Waals surface area contributed by atoms with E-state index < -0.39 is 12.1 Å². The Kier molecular flexibility index (Phi) is 4.38. The number of nitrogens with one attached hydrogen (secondary N) is 1. The van der Waals surface area contributed by atoms with Gasteiger partial charge in [0.05, 0.1) is 11.8 Å². The molecule has 4 N–H and O–H groups in total. The highest BCUT2D eigenvalue weighted by atomic mass is 16.3. The van der Waals surface area contributed by atoms with Crippen molar-refractivity contribution in [1.82, 2.24) is 25.5 Å². The third-order valence-corrected chi connectivity index (χ3v) is 2.86. The summed E-state index contributed by atoms with van der Waals surface area (Å²) in [6.45, 7) is 1.79. The molecular weight excluding hydrogens is 260 g/mol. The van der Waals surface area contributed by atoms with E-state index in [4.69, 9.17) is 5.73 Å².